The molecule has 0 spiro atoms. The van der Waals surface area contributed by atoms with Crippen molar-refractivity contribution in [3.8, 4) is 0 Å². The van der Waals surface area contributed by atoms with Crippen LogP contribution < -0.4 is 0 Å². The summed E-state index contributed by atoms with van der Waals surface area (Å²) in [4.78, 5) is 0. The molecule has 2 rings (SSSR count). The van der Waals surface area contributed by atoms with Gasteiger partial charge in [-0.3, -0.25) is 0 Å². The topological polar surface area (TPSA) is 13.1 Å². The smallest absolute Gasteiger partial charge is 0.104 e. The van der Waals surface area contributed by atoms with Crippen molar-refractivity contribution in [3.63, 3.8) is 0 Å². The van der Waals surface area contributed by atoms with Gasteiger partial charge in [0.1, 0.15) is 5.76 Å². The summed E-state index contributed by atoms with van der Waals surface area (Å²) in [6.07, 6.45) is 6.29. The third kappa shape index (κ3) is 3.76. The van der Waals surface area contributed by atoms with Crippen molar-refractivity contribution in [3.05, 3.63) is 59.5 Å². The van der Waals surface area contributed by atoms with Gasteiger partial charge >= 0.3 is 0 Å². The molecular formula is C17H22O. The molecule has 1 atom stereocenters. The molecule has 96 valence electrons. The molecule has 1 aromatic heterocycles. The first-order valence-electron chi connectivity index (χ1n) is 6.88. The highest BCUT2D eigenvalue weighted by Gasteiger charge is 2.07. The van der Waals surface area contributed by atoms with Crippen LogP contribution in [-0.4, -0.2) is 0 Å². The van der Waals surface area contributed by atoms with E-state index in [2.05, 4.69) is 44.2 Å². The molecule has 0 bridgehead atoms. The molecule has 0 radical (unpaired) electrons. The van der Waals surface area contributed by atoms with Crippen LogP contribution in [0.3, 0.4) is 0 Å². The van der Waals surface area contributed by atoms with E-state index in [-0.39, 0.29) is 0 Å². The fraction of sp³-hybridized carbons (Fsp3) is 0.412. The molecule has 0 fully saturated rings. The minimum absolute atomic E-state index is 0.619. The zero-order valence-electron chi connectivity index (χ0n) is 11.4. The van der Waals surface area contributed by atoms with Gasteiger partial charge in [-0.25, -0.2) is 0 Å². The Morgan fingerprint density at radius 3 is 2.33 bits per heavy atom. The second kappa shape index (κ2) is 6.44. The summed E-state index contributed by atoms with van der Waals surface area (Å²) in [5, 5.41) is 0. The molecule has 0 aliphatic heterocycles. The van der Waals surface area contributed by atoms with Crippen LogP contribution in [0.2, 0.25) is 0 Å². The van der Waals surface area contributed by atoms with Crippen LogP contribution in [-0.2, 0) is 19.3 Å². The zero-order valence-corrected chi connectivity index (χ0v) is 11.4. The van der Waals surface area contributed by atoms with Crippen molar-refractivity contribution in [1.82, 2.24) is 0 Å². The molecule has 0 saturated heterocycles. The number of benzene rings is 1. The Labute approximate surface area is 110 Å². The van der Waals surface area contributed by atoms with Crippen molar-refractivity contribution in [1.29, 1.82) is 0 Å². The van der Waals surface area contributed by atoms with Crippen molar-refractivity contribution in [2.75, 3.05) is 0 Å². The molecule has 0 amide bonds. The van der Waals surface area contributed by atoms with E-state index in [1.165, 1.54) is 24.0 Å². The van der Waals surface area contributed by atoms with Crippen molar-refractivity contribution in [2.24, 2.45) is 5.92 Å². The summed E-state index contributed by atoms with van der Waals surface area (Å²) in [6.45, 7) is 4.50. The first kappa shape index (κ1) is 12.9. The number of furan rings is 1. The molecule has 0 aliphatic rings. The van der Waals surface area contributed by atoms with Crippen molar-refractivity contribution in [2.45, 2.75) is 39.5 Å². The highest BCUT2D eigenvalue weighted by molar-refractivity contribution is 5.23. The molecule has 1 unspecified atom stereocenters. The Hall–Kier alpha value is -1.50. The summed E-state index contributed by atoms with van der Waals surface area (Å²) < 4.78 is 5.39. The lowest BCUT2D eigenvalue weighted by molar-refractivity contribution is 0.455. The minimum Gasteiger partial charge on any atom is -0.469 e. The van der Waals surface area contributed by atoms with Gasteiger partial charge in [0.15, 0.2) is 0 Å². The van der Waals surface area contributed by atoms with Gasteiger partial charge in [-0.2, -0.15) is 0 Å². The fourth-order valence-electron chi connectivity index (χ4n) is 2.38. The second-order valence-corrected chi connectivity index (χ2v) is 5.16. The van der Waals surface area contributed by atoms with Crippen molar-refractivity contribution >= 4 is 0 Å². The van der Waals surface area contributed by atoms with E-state index in [1.54, 1.807) is 6.26 Å². The molecule has 1 heteroatoms. The van der Waals surface area contributed by atoms with Gasteiger partial charge in [-0.1, -0.05) is 44.5 Å². The first-order valence-corrected chi connectivity index (χ1v) is 6.88. The summed E-state index contributed by atoms with van der Waals surface area (Å²) in [5.74, 6) is 1.71. The third-order valence-electron chi connectivity index (χ3n) is 3.28. The van der Waals surface area contributed by atoms with Crippen LogP contribution in [0.15, 0.2) is 47.1 Å². The minimum atomic E-state index is 0.619. The van der Waals surface area contributed by atoms with E-state index in [0.29, 0.717) is 5.92 Å². The highest BCUT2D eigenvalue weighted by atomic mass is 16.3. The van der Waals surface area contributed by atoms with E-state index in [0.717, 1.165) is 18.6 Å². The standard InChI is InChI=1S/C17H22O/c1-3-5-15-7-9-16(10-8-15)12-14(2)13-17-6-4-11-18-17/h4,6-11,14H,3,5,12-13H2,1-2H3. The average Bonchev–Trinajstić information content (AvgIpc) is 2.84. The predicted octanol–water partition coefficient (Wildman–Crippen LogP) is 4.65. The number of aryl methyl sites for hydroxylation is 1. The molecule has 0 saturated carbocycles. The predicted molar refractivity (Wildman–Crippen MR) is 75.7 cm³/mol. The molecular weight excluding hydrogens is 220 g/mol. The van der Waals surface area contributed by atoms with Gasteiger partial charge in [-0.05, 0) is 42.0 Å². The molecule has 0 N–H and O–H groups in total. The number of hydrogen-bond acceptors (Lipinski definition) is 1. The Morgan fingerprint density at radius 1 is 1.00 bits per heavy atom. The molecule has 1 aromatic carbocycles. The van der Waals surface area contributed by atoms with Gasteiger partial charge < -0.3 is 4.42 Å². The maximum absolute atomic E-state index is 5.39. The quantitative estimate of drug-likeness (QED) is 0.718. The zero-order chi connectivity index (χ0) is 12.8. The number of rotatable bonds is 6. The van der Waals surface area contributed by atoms with E-state index < -0.39 is 0 Å². The third-order valence-corrected chi connectivity index (χ3v) is 3.28. The lowest BCUT2D eigenvalue weighted by Gasteiger charge is -2.10. The van der Waals surface area contributed by atoms with E-state index >= 15 is 0 Å². The Bertz CT molecular complexity index is 439. The summed E-state index contributed by atoms with van der Waals surface area (Å²) in [5.41, 5.74) is 2.87. The first-order chi connectivity index (χ1) is 8.78. The van der Waals surface area contributed by atoms with E-state index in [9.17, 15) is 0 Å². The molecule has 0 aliphatic carbocycles. The van der Waals surface area contributed by atoms with Crippen LogP contribution in [0.5, 0.6) is 0 Å². The largest absolute Gasteiger partial charge is 0.469 e. The molecule has 18 heavy (non-hydrogen) atoms. The van der Waals surface area contributed by atoms with E-state index in [4.69, 9.17) is 4.42 Å². The maximum atomic E-state index is 5.39. The van der Waals surface area contributed by atoms with Crippen LogP contribution >= 0.6 is 0 Å². The normalized spacial score (nSPS) is 12.6. The highest BCUT2D eigenvalue weighted by Crippen LogP contribution is 2.15. The lowest BCUT2D eigenvalue weighted by atomic mass is 9.96. The summed E-state index contributed by atoms with van der Waals surface area (Å²) in [7, 11) is 0. The molecule has 1 nitrogen and oxygen atoms in total. The second-order valence-electron chi connectivity index (χ2n) is 5.16. The van der Waals surface area contributed by atoms with Crippen LogP contribution in [0.1, 0.15) is 37.2 Å². The summed E-state index contributed by atoms with van der Waals surface area (Å²) in [6, 6.07) is 13.1. The lowest BCUT2D eigenvalue weighted by Crippen LogP contribution is -2.03. The van der Waals surface area contributed by atoms with E-state index in [1.807, 2.05) is 6.07 Å². The van der Waals surface area contributed by atoms with Crippen LogP contribution in [0.25, 0.3) is 0 Å². The van der Waals surface area contributed by atoms with Crippen LogP contribution in [0, 0.1) is 5.92 Å². The Kier molecular flexibility index (Phi) is 4.63. The van der Waals surface area contributed by atoms with Gasteiger partial charge in [0.25, 0.3) is 0 Å². The van der Waals surface area contributed by atoms with Gasteiger partial charge in [0.2, 0.25) is 0 Å². The molecule has 2 aromatic rings. The average molecular weight is 242 g/mol. The molecule has 1 heterocycles. The van der Waals surface area contributed by atoms with Gasteiger partial charge in [0.05, 0.1) is 6.26 Å². The maximum Gasteiger partial charge on any atom is 0.104 e. The SMILES string of the molecule is CCCc1ccc(CC(C)Cc2ccco2)cc1. The monoisotopic (exact) mass is 242 g/mol. The number of hydrogen-bond donors (Lipinski definition) is 0. The van der Waals surface area contributed by atoms with Gasteiger partial charge in [0, 0.05) is 6.42 Å². The Morgan fingerprint density at radius 2 is 1.72 bits per heavy atom. The summed E-state index contributed by atoms with van der Waals surface area (Å²) >= 11 is 0. The van der Waals surface area contributed by atoms with Crippen LogP contribution in [0.4, 0.5) is 0 Å². The van der Waals surface area contributed by atoms with Crippen molar-refractivity contribution < 1.29 is 4.42 Å². The Balaban J connectivity index is 1.88. The fourth-order valence-corrected chi connectivity index (χ4v) is 2.38. The van der Waals surface area contributed by atoms with Gasteiger partial charge in [-0.15, -0.1) is 0 Å².